The van der Waals surface area contributed by atoms with Crippen LogP contribution in [0.2, 0.25) is 0 Å². The molecule has 1 aliphatic rings. The molecule has 2 aromatic rings. The molecule has 0 atom stereocenters. The highest BCUT2D eigenvalue weighted by atomic mass is 16.5. The first-order valence-electron chi connectivity index (χ1n) is 10.9. The zero-order valence-electron chi connectivity index (χ0n) is 19.0. The predicted molar refractivity (Wildman–Crippen MR) is 124 cm³/mol. The van der Waals surface area contributed by atoms with Crippen LogP contribution in [0.5, 0.6) is 5.75 Å². The Morgan fingerprint density at radius 1 is 1.06 bits per heavy atom. The van der Waals surface area contributed by atoms with Crippen LogP contribution in [0.15, 0.2) is 48.5 Å². The van der Waals surface area contributed by atoms with Gasteiger partial charge in [-0.1, -0.05) is 30.3 Å². The van der Waals surface area contributed by atoms with E-state index in [1.54, 1.807) is 23.1 Å². The Bertz CT molecular complexity index is 959. The van der Waals surface area contributed by atoms with E-state index in [0.717, 1.165) is 12.1 Å². The van der Waals surface area contributed by atoms with E-state index in [0.29, 0.717) is 49.5 Å². The molecule has 0 aliphatic carbocycles. The van der Waals surface area contributed by atoms with Gasteiger partial charge in [-0.05, 0) is 51.2 Å². The van der Waals surface area contributed by atoms with Crippen molar-refractivity contribution in [2.75, 3.05) is 45.2 Å². The summed E-state index contributed by atoms with van der Waals surface area (Å²) in [6.07, 6.45) is 0.869. The lowest BCUT2D eigenvalue weighted by molar-refractivity contribution is -0.132. The zero-order chi connectivity index (χ0) is 23.1. The van der Waals surface area contributed by atoms with Crippen LogP contribution in [-0.2, 0) is 16.1 Å². The first-order chi connectivity index (χ1) is 15.3. The van der Waals surface area contributed by atoms with Crippen LogP contribution in [0.3, 0.4) is 0 Å². The van der Waals surface area contributed by atoms with E-state index in [-0.39, 0.29) is 24.2 Å². The number of ether oxygens (including phenoxy) is 1. The van der Waals surface area contributed by atoms with Crippen LogP contribution in [-0.4, -0.2) is 67.7 Å². The van der Waals surface area contributed by atoms with E-state index in [1.165, 1.54) is 6.92 Å². The molecule has 0 unspecified atom stereocenters. The zero-order valence-corrected chi connectivity index (χ0v) is 19.0. The summed E-state index contributed by atoms with van der Waals surface area (Å²) in [6.45, 7) is 3.84. The van der Waals surface area contributed by atoms with Gasteiger partial charge in [-0.25, -0.2) is 0 Å². The first-order valence-corrected chi connectivity index (χ1v) is 10.9. The number of anilines is 1. The van der Waals surface area contributed by atoms with Gasteiger partial charge < -0.3 is 19.4 Å². The van der Waals surface area contributed by atoms with Gasteiger partial charge in [0.25, 0.3) is 5.91 Å². The van der Waals surface area contributed by atoms with Crippen molar-refractivity contribution in [1.82, 2.24) is 9.80 Å². The molecule has 1 heterocycles. The molecule has 2 aromatic carbocycles. The molecule has 3 rings (SSSR count). The molecule has 2 amide bonds. The van der Waals surface area contributed by atoms with Crippen molar-refractivity contribution in [3.8, 4) is 5.75 Å². The van der Waals surface area contributed by atoms with Crippen molar-refractivity contribution in [3.05, 3.63) is 59.7 Å². The number of carbonyl (C=O) groups excluding carboxylic acids is 3. The van der Waals surface area contributed by atoms with Crippen molar-refractivity contribution < 1.29 is 19.1 Å². The van der Waals surface area contributed by atoms with Crippen LogP contribution >= 0.6 is 0 Å². The Balaban J connectivity index is 1.64. The smallest absolute Gasteiger partial charge is 0.265 e. The molecule has 0 saturated heterocycles. The third-order valence-corrected chi connectivity index (χ3v) is 5.47. The quantitative estimate of drug-likeness (QED) is 0.535. The van der Waals surface area contributed by atoms with Gasteiger partial charge in [-0.15, -0.1) is 0 Å². The molecule has 0 fully saturated rings. The maximum atomic E-state index is 13.0. The molecule has 0 N–H and O–H groups in total. The van der Waals surface area contributed by atoms with Gasteiger partial charge in [0, 0.05) is 38.2 Å². The fraction of sp³-hybridized carbons (Fsp3) is 0.400. The molecule has 0 radical (unpaired) electrons. The van der Waals surface area contributed by atoms with Gasteiger partial charge in [0.15, 0.2) is 12.4 Å². The van der Waals surface area contributed by atoms with E-state index in [4.69, 9.17) is 4.74 Å². The summed E-state index contributed by atoms with van der Waals surface area (Å²) < 4.78 is 5.50. The molecule has 0 aromatic heterocycles. The van der Waals surface area contributed by atoms with E-state index in [9.17, 15) is 14.4 Å². The Labute approximate surface area is 189 Å². The van der Waals surface area contributed by atoms with Crippen molar-refractivity contribution in [2.45, 2.75) is 26.3 Å². The summed E-state index contributed by atoms with van der Waals surface area (Å²) in [7, 11) is 3.98. The molecule has 0 saturated carbocycles. The summed E-state index contributed by atoms with van der Waals surface area (Å²) in [5, 5.41) is 0. The number of carbonyl (C=O) groups is 3. The Hall–Kier alpha value is -3.19. The van der Waals surface area contributed by atoms with Gasteiger partial charge in [-0.3, -0.25) is 14.4 Å². The molecule has 170 valence electrons. The molecular weight excluding hydrogens is 406 g/mol. The van der Waals surface area contributed by atoms with Crippen LogP contribution in [0.1, 0.15) is 35.7 Å². The average molecular weight is 438 g/mol. The summed E-state index contributed by atoms with van der Waals surface area (Å²) in [6, 6.07) is 15.1. The summed E-state index contributed by atoms with van der Waals surface area (Å²) >= 11 is 0. The fourth-order valence-electron chi connectivity index (χ4n) is 3.63. The van der Waals surface area contributed by atoms with Crippen molar-refractivity contribution in [2.24, 2.45) is 0 Å². The molecule has 7 nitrogen and oxygen atoms in total. The monoisotopic (exact) mass is 437 g/mol. The van der Waals surface area contributed by atoms with Crippen molar-refractivity contribution in [3.63, 3.8) is 0 Å². The largest absolute Gasteiger partial charge is 0.482 e. The number of hydrogen-bond donors (Lipinski definition) is 0. The second-order valence-corrected chi connectivity index (χ2v) is 8.28. The molecule has 7 heteroatoms. The number of rotatable bonds is 10. The molecule has 0 bridgehead atoms. The fourth-order valence-corrected chi connectivity index (χ4v) is 3.63. The maximum absolute atomic E-state index is 13.0. The summed E-state index contributed by atoms with van der Waals surface area (Å²) in [5.41, 5.74) is 2.21. The Kier molecular flexibility index (Phi) is 8.00. The second kappa shape index (κ2) is 10.9. The Morgan fingerprint density at radius 2 is 1.81 bits per heavy atom. The number of likely N-dealkylation sites (N-methyl/N-ethyl adjacent to an activating group) is 1. The number of Topliss-reactive ketones (excluding diaryl/α,β-unsaturated/α-hetero) is 1. The molecule has 32 heavy (non-hydrogen) atoms. The maximum Gasteiger partial charge on any atom is 0.265 e. The highest BCUT2D eigenvalue weighted by Gasteiger charge is 2.26. The van der Waals surface area contributed by atoms with Gasteiger partial charge in [0.2, 0.25) is 5.91 Å². The topological polar surface area (TPSA) is 70.2 Å². The third kappa shape index (κ3) is 6.17. The van der Waals surface area contributed by atoms with Gasteiger partial charge >= 0.3 is 0 Å². The van der Waals surface area contributed by atoms with Crippen LogP contribution in [0, 0.1) is 0 Å². The minimum atomic E-state index is -0.167. The minimum Gasteiger partial charge on any atom is -0.482 e. The lowest BCUT2D eigenvalue weighted by atomic mass is 10.1. The van der Waals surface area contributed by atoms with Crippen molar-refractivity contribution >= 4 is 23.3 Å². The summed E-state index contributed by atoms with van der Waals surface area (Å²) in [5.74, 6) is 0.407. The lowest BCUT2D eigenvalue weighted by Crippen LogP contribution is -2.40. The normalized spacial score (nSPS) is 13.0. The number of ketones is 1. The number of nitrogens with zero attached hydrogens (tertiary/aromatic N) is 3. The van der Waals surface area contributed by atoms with E-state index in [1.807, 2.05) is 49.3 Å². The Morgan fingerprint density at radius 3 is 2.50 bits per heavy atom. The number of fused-ring (bicyclic) bond motifs is 1. The number of benzene rings is 2. The van der Waals surface area contributed by atoms with Gasteiger partial charge in [0.1, 0.15) is 5.75 Å². The van der Waals surface area contributed by atoms with Crippen LogP contribution in [0.4, 0.5) is 5.69 Å². The lowest BCUT2D eigenvalue weighted by Gasteiger charge is -2.30. The highest BCUT2D eigenvalue weighted by molar-refractivity contribution is 6.01. The average Bonchev–Trinajstić information content (AvgIpc) is 2.78. The summed E-state index contributed by atoms with van der Waals surface area (Å²) in [4.78, 5) is 42.8. The molecular formula is C25H31N3O4. The minimum absolute atomic E-state index is 0.0384. The number of hydrogen-bond acceptors (Lipinski definition) is 5. The van der Waals surface area contributed by atoms with E-state index < -0.39 is 0 Å². The van der Waals surface area contributed by atoms with E-state index >= 15 is 0 Å². The van der Waals surface area contributed by atoms with Crippen LogP contribution < -0.4 is 9.64 Å². The standard InChI is InChI=1S/C25H31N3O4/c1-19(29)21-11-12-23-22(16-21)28(25(31)18-32-23)13-7-10-24(30)27(15-14-26(2)3)17-20-8-5-4-6-9-20/h4-6,8-9,11-12,16H,7,10,13-15,17-18H2,1-3H3. The SMILES string of the molecule is CC(=O)c1ccc2c(c1)N(CCCC(=O)N(CCN(C)C)Cc1ccccc1)C(=O)CO2. The van der Waals surface area contributed by atoms with Crippen LogP contribution in [0.25, 0.3) is 0 Å². The van der Waals surface area contributed by atoms with Gasteiger partial charge in [0.05, 0.1) is 5.69 Å². The third-order valence-electron chi connectivity index (χ3n) is 5.47. The molecule has 1 aliphatic heterocycles. The van der Waals surface area contributed by atoms with Crippen molar-refractivity contribution in [1.29, 1.82) is 0 Å². The number of amides is 2. The highest BCUT2D eigenvalue weighted by Crippen LogP contribution is 2.33. The first kappa shape index (κ1) is 23.5. The van der Waals surface area contributed by atoms with E-state index in [2.05, 4.69) is 4.90 Å². The molecule has 0 spiro atoms. The van der Waals surface area contributed by atoms with Gasteiger partial charge in [-0.2, -0.15) is 0 Å². The predicted octanol–water partition coefficient (Wildman–Crippen LogP) is 2.99. The second-order valence-electron chi connectivity index (χ2n) is 8.28.